The van der Waals surface area contributed by atoms with Crippen LogP contribution in [0.3, 0.4) is 0 Å². The number of nitriles is 1. The first-order valence-electron chi connectivity index (χ1n) is 6.59. The second kappa shape index (κ2) is 6.30. The Morgan fingerprint density at radius 2 is 1.89 bits per heavy atom. The maximum atomic E-state index is 9.14. The Morgan fingerprint density at radius 3 is 2.50 bits per heavy atom. The average Bonchev–Trinajstić information content (AvgIpc) is 2.67. The maximum Gasteiger partial charge on any atom is 0.179 e. The van der Waals surface area contributed by atoms with Crippen LogP contribution < -0.4 is 9.47 Å². The summed E-state index contributed by atoms with van der Waals surface area (Å²) in [5.41, 5.74) is 0.554. The summed E-state index contributed by atoms with van der Waals surface area (Å²) in [5, 5.41) is 9.14. The number of nitrogens with zero attached hydrogens (tertiary/aromatic N) is 1. The highest BCUT2D eigenvalue weighted by molar-refractivity contribution is 5.52. The number of hydrogen-bond acceptors (Lipinski definition) is 3. The van der Waals surface area contributed by atoms with Crippen molar-refractivity contribution < 1.29 is 9.47 Å². The lowest BCUT2D eigenvalue weighted by atomic mass is 10.1. The standard InChI is InChI=1S/C15H19NO2/c1-17-14-10-6-7-12(11-16)15(14)18-13-8-4-2-3-5-9-13/h6-7,10,13H,2-5,8-9H2,1H3. The van der Waals surface area contributed by atoms with Gasteiger partial charge in [0, 0.05) is 0 Å². The molecule has 3 heteroatoms. The normalized spacial score (nSPS) is 16.7. The molecule has 0 aliphatic heterocycles. The highest BCUT2D eigenvalue weighted by Gasteiger charge is 2.18. The number of ether oxygens (including phenoxy) is 2. The van der Waals surface area contributed by atoms with E-state index in [1.54, 1.807) is 13.2 Å². The van der Waals surface area contributed by atoms with Crippen LogP contribution in [0.2, 0.25) is 0 Å². The molecule has 1 aromatic carbocycles. The van der Waals surface area contributed by atoms with Crippen LogP contribution in [0, 0.1) is 11.3 Å². The van der Waals surface area contributed by atoms with Crippen molar-refractivity contribution >= 4 is 0 Å². The van der Waals surface area contributed by atoms with Gasteiger partial charge < -0.3 is 9.47 Å². The average molecular weight is 245 g/mol. The lowest BCUT2D eigenvalue weighted by Gasteiger charge is -2.19. The van der Waals surface area contributed by atoms with E-state index in [0.29, 0.717) is 17.1 Å². The van der Waals surface area contributed by atoms with Crippen molar-refractivity contribution in [2.75, 3.05) is 7.11 Å². The van der Waals surface area contributed by atoms with Crippen molar-refractivity contribution in [3.63, 3.8) is 0 Å². The Morgan fingerprint density at radius 1 is 1.17 bits per heavy atom. The summed E-state index contributed by atoms with van der Waals surface area (Å²) in [6.07, 6.45) is 7.36. The zero-order chi connectivity index (χ0) is 12.8. The summed E-state index contributed by atoms with van der Waals surface area (Å²) in [6, 6.07) is 7.60. The van der Waals surface area contributed by atoms with Crippen molar-refractivity contribution in [1.29, 1.82) is 5.26 Å². The summed E-state index contributed by atoms with van der Waals surface area (Å²) >= 11 is 0. The molecular weight excluding hydrogens is 226 g/mol. The molecule has 1 aliphatic carbocycles. The Bertz CT molecular complexity index is 429. The number of para-hydroxylation sites is 1. The van der Waals surface area contributed by atoms with Crippen LogP contribution in [0.25, 0.3) is 0 Å². The molecule has 0 saturated heterocycles. The number of rotatable bonds is 3. The van der Waals surface area contributed by atoms with Crippen molar-refractivity contribution in [3.05, 3.63) is 23.8 Å². The summed E-state index contributed by atoms with van der Waals surface area (Å²) < 4.78 is 11.3. The van der Waals surface area contributed by atoms with Gasteiger partial charge in [0.05, 0.1) is 18.8 Å². The molecule has 96 valence electrons. The topological polar surface area (TPSA) is 42.2 Å². The number of hydrogen-bond donors (Lipinski definition) is 0. The summed E-state index contributed by atoms with van der Waals surface area (Å²) in [5.74, 6) is 1.26. The molecule has 1 saturated carbocycles. The van der Waals surface area contributed by atoms with Crippen molar-refractivity contribution in [2.45, 2.75) is 44.6 Å². The third kappa shape index (κ3) is 2.95. The van der Waals surface area contributed by atoms with E-state index in [2.05, 4.69) is 6.07 Å². The van der Waals surface area contributed by atoms with Crippen LogP contribution >= 0.6 is 0 Å². The molecule has 0 radical (unpaired) electrons. The Labute approximate surface area is 108 Å². The SMILES string of the molecule is COc1cccc(C#N)c1OC1CCCCCC1. The Hall–Kier alpha value is -1.69. The van der Waals surface area contributed by atoms with E-state index in [9.17, 15) is 0 Å². The van der Waals surface area contributed by atoms with Gasteiger partial charge in [-0.15, -0.1) is 0 Å². The van der Waals surface area contributed by atoms with Crippen molar-refractivity contribution in [3.8, 4) is 17.6 Å². The van der Waals surface area contributed by atoms with E-state index in [1.165, 1.54) is 25.7 Å². The molecule has 0 bridgehead atoms. The Balaban J connectivity index is 2.18. The van der Waals surface area contributed by atoms with E-state index >= 15 is 0 Å². The highest BCUT2D eigenvalue weighted by atomic mass is 16.5. The number of benzene rings is 1. The van der Waals surface area contributed by atoms with E-state index < -0.39 is 0 Å². The summed E-state index contributed by atoms with van der Waals surface area (Å²) in [7, 11) is 1.61. The van der Waals surface area contributed by atoms with Gasteiger partial charge in [0.15, 0.2) is 11.5 Å². The second-order valence-corrected chi connectivity index (χ2v) is 4.68. The van der Waals surface area contributed by atoms with Crippen molar-refractivity contribution in [1.82, 2.24) is 0 Å². The third-order valence-corrected chi connectivity index (χ3v) is 3.41. The molecular formula is C15H19NO2. The van der Waals surface area contributed by atoms with E-state index in [0.717, 1.165) is 12.8 Å². The molecule has 0 heterocycles. The molecule has 0 spiro atoms. The molecule has 3 nitrogen and oxygen atoms in total. The molecule has 0 unspecified atom stereocenters. The summed E-state index contributed by atoms with van der Waals surface area (Å²) in [6.45, 7) is 0. The van der Waals surface area contributed by atoms with Gasteiger partial charge in [0.2, 0.25) is 0 Å². The van der Waals surface area contributed by atoms with Crippen molar-refractivity contribution in [2.24, 2.45) is 0 Å². The van der Waals surface area contributed by atoms with Crippen LogP contribution in [0.4, 0.5) is 0 Å². The third-order valence-electron chi connectivity index (χ3n) is 3.41. The van der Waals surface area contributed by atoms with Gasteiger partial charge in [-0.2, -0.15) is 5.26 Å². The fourth-order valence-electron chi connectivity index (χ4n) is 2.41. The molecule has 1 aromatic rings. The minimum atomic E-state index is 0.218. The largest absolute Gasteiger partial charge is 0.493 e. The molecule has 0 atom stereocenters. The second-order valence-electron chi connectivity index (χ2n) is 4.68. The molecule has 0 amide bonds. The van der Waals surface area contributed by atoms with Crippen LogP contribution in [0.5, 0.6) is 11.5 Å². The quantitative estimate of drug-likeness (QED) is 0.763. The predicted octanol–water partition coefficient (Wildman–Crippen LogP) is 3.67. The predicted molar refractivity (Wildman–Crippen MR) is 69.8 cm³/mol. The summed E-state index contributed by atoms with van der Waals surface area (Å²) in [4.78, 5) is 0. The van der Waals surface area contributed by atoms with Gasteiger partial charge in [0.1, 0.15) is 6.07 Å². The fourth-order valence-corrected chi connectivity index (χ4v) is 2.41. The fraction of sp³-hybridized carbons (Fsp3) is 0.533. The van der Waals surface area contributed by atoms with E-state index in [1.807, 2.05) is 12.1 Å². The lowest BCUT2D eigenvalue weighted by Crippen LogP contribution is -2.16. The molecule has 1 fully saturated rings. The minimum absolute atomic E-state index is 0.218. The van der Waals surface area contributed by atoms with E-state index in [-0.39, 0.29) is 6.10 Å². The maximum absolute atomic E-state index is 9.14. The van der Waals surface area contributed by atoms with E-state index in [4.69, 9.17) is 14.7 Å². The zero-order valence-electron chi connectivity index (χ0n) is 10.8. The smallest absolute Gasteiger partial charge is 0.179 e. The molecule has 0 aromatic heterocycles. The van der Waals surface area contributed by atoms with Gasteiger partial charge in [-0.05, 0) is 37.8 Å². The van der Waals surface area contributed by atoms with Crippen LogP contribution in [0.1, 0.15) is 44.1 Å². The first kappa shape index (κ1) is 12.8. The zero-order valence-corrected chi connectivity index (χ0v) is 10.8. The van der Waals surface area contributed by atoms with Crippen LogP contribution in [0.15, 0.2) is 18.2 Å². The monoisotopic (exact) mass is 245 g/mol. The van der Waals surface area contributed by atoms with Crippen LogP contribution in [-0.4, -0.2) is 13.2 Å². The lowest BCUT2D eigenvalue weighted by molar-refractivity contribution is 0.176. The molecule has 1 aliphatic rings. The molecule has 18 heavy (non-hydrogen) atoms. The highest BCUT2D eigenvalue weighted by Crippen LogP contribution is 2.33. The van der Waals surface area contributed by atoms with Gasteiger partial charge in [-0.25, -0.2) is 0 Å². The first-order chi connectivity index (χ1) is 8.85. The first-order valence-corrected chi connectivity index (χ1v) is 6.59. The number of methoxy groups -OCH3 is 1. The van der Waals surface area contributed by atoms with Gasteiger partial charge in [-0.3, -0.25) is 0 Å². The van der Waals surface area contributed by atoms with Gasteiger partial charge in [0.25, 0.3) is 0 Å². The minimum Gasteiger partial charge on any atom is -0.493 e. The van der Waals surface area contributed by atoms with Crippen LogP contribution in [-0.2, 0) is 0 Å². The molecule has 0 N–H and O–H groups in total. The molecule has 2 rings (SSSR count). The van der Waals surface area contributed by atoms with Gasteiger partial charge >= 0.3 is 0 Å². The Kier molecular flexibility index (Phi) is 4.46. The van der Waals surface area contributed by atoms with Gasteiger partial charge in [-0.1, -0.05) is 18.9 Å².